The van der Waals surface area contributed by atoms with Gasteiger partial charge in [-0.25, -0.2) is 13.1 Å². The average Bonchev–Trinajstić information content (AvgIpc) is 2.60. The van der Waals surface area contributed by atoms with Crippen LogP contribution in [-0.4, -0.2) is 26.4 Å². The molecule has 2 aliphatic carbocycles. The van der Waals surface area contributed by atoms with Gasteiger partial charge in [0.15, 0.2) is 0 Å². The van der Waals surface area contributed by atoms with Crippen LogP contribution >= 0.6 is 0 Å². The van der Waals surface area contributed by atoms with Gasteiger partial charge in [-0.2, -0.15) is 5.10 Å². The van der Waals surface area contributed by atoms with Gasteiger partial charge >= 0.3 is 0 Å². The molecule has 0 saturated heterocycles. The van der Waals surface area contributed by atoms with Crippen LogP contribution in [0.2, 0.25) is 0 Å². The van der Waals surface area contributed by atoms with E-state index in [9.17, 15) is 8.42 Å². The van der Waals surface area contributed by atoms with Gasteiger partial charge in [-0.1, -0.05) is 20.8 Å². The molecule has 0 radical (unpaired) electrons. The number of nitrogens with zero attached hydrogens (tertiary/aromatic N) is 1. The Bertz CT molecular complexity index is 470. The van der Waals surface area contributed by atoms with Gasteiger partial charge < -0.3 is 5.84 Å². The van der Waals surface area contributed by atoms with Gasteiger partial charge in [0.1, 0.15) is 0 Å². The lowest BCUT2D eigenvalue weighted by atomic mass is 9.70. The first-order chi connectivity index (χ1) is 8.29. The monoisotopic (exact) mass is 273 g/mol. The fourth-order valence-electron chi connectivity index (χ4n) is 3.91. The molecule has 2 fully saturated rings. The van der Waals surface area contributed by atoms with Crippen LogP contribution in [0.5, 0.6) is 0 Å². The Morgan fingerprint density at radius 1 is 1.50 bits per heavy atom. The summed E-state index contributed by atoms with van der Waals surface area (Å²) >= 11 is 0. The number of sulfonamides is 1. The molecule has 0 unspecified atom stereocenters. The summed E-state index contributed by atoms with van der Waals surface area (Å²) in [5.41, 5.74) is 0.492. The first kappa shape index (κ1) is 13.8. The smallest absolute Gasteiger partial charge is 0.212 e. The van der Waals surface area contributed by atoms with Crippen molar-refractivity contribution >= 4 is 15.7 Å². The summed E-state index contributed by atoms with van der Waals surface area (Å²) in [4.78, 5) is 0. The Balaban J connectivity index is 2.38. The molecule has 18 heavy (non-hydrogen) atoms. The predicted molar refractivity (Wildman–Crippen MR) is 72.6 cm³/mol. The maximum atomic E-state index is 12.1. The Morgan fingerprint density at radius 2 is 2.17 bits per heavy atom. The molecule has 2 saturated carbocycles. The SMILES string of the molecule is CCNS(=O)(=O)C[C@@]12CC[C@@H](C/C1=N\N)C2(C)C. The van der Waals surface area contributed by atoms with E-state index in [1.807, 2.05) is 0 Å². The van der Waals surface area contributed by atoms with Crippen molar-refractivity contribution in [2.45, 2.75) is 40.0 Å². The molecule has 6 heteroatoms. The minimum absolute atomic E-state index is 0.0340. The number of hydrogen-bond donors (Lipinski definition) is 2. The van der Waals surface area contributed by atoms with E-state index in [-0.39, 0.29) is 16.6 Å². The highest BCUT2D eigenvalue weighted by Crippen LogP contribution is 2.64. The largest absolute Gasteiger partial charge is 0.323 e. The summed E-state index contributed by atoms with van der Waals surface area (Å²) in [6.45, 7) is 6.54. The molecule has 0 aromatic carbocycles. The number of nitrogens with one attached hydrogen (secondary N) is 1. The third kappa shape index (κ3) is 1.77. The van der Waals surface area contributed by atoms with Crippen molar-refractivity contribution < 1.29 is 8.42 Å². The molecule has 2 aliphatic rings. The fourth-order valence-corrected chi connectivity index (χ4v) is 5.78. The van der Waals surface area contributed by atoms with E-state index in [2.05, 4.69) is 23.7 Å². The molecule has 0 aromatic rings. The summed E-state index contributed by atoms with van der Waals surface area (Å²) in [6, 6.07) is 0. The van der Waals surface area contributed by atoms with Crippen LogP contribution in [0.3, 0.4) is 0 Å². The van der Waals surface area contributed by atoms with Crippen molar-refractivity contribution in [1.29, 1.82) is 0 Å². The van der Waals surface area contributed by atoms with E-state index >= 15 is 0 Å². The lowest BCUT2D eigenvalue weighted by Crippen LogP contribution is -2.45. The third-order valence-electron chi connectivity index (χ3n) is 5.12. The number of hydrazone groups is 1. The highest BCUT2D eigenvalue weighted by molar-refractivity contribution is 7.89. The van der Waals surface area contributed by atoms with E-state index in [4.69, 9.17) is 5.84 Å². The van der Waals surface area contributed by atoms with Crippen LogP contribution in [0.15, 0.2) is 5.10 Å². The lowest BCUT2D eigenvalue weighted by Gasteiger charge is -2.37. The molecule has 0 aromatic heterocycles. The van der Waals surface area contributed by atoms with Gasteiger partial charge in [-0.3, -0.25) is 0 Å². The fraction of sp³-hybridized carbons (Fsp3) is 0.917. The van der Waals surface area contributed by atoms with Crippen molar-refractivity contribution in [1.82, 2.24) is 4.72 Å². The first-order valence-electron chi connectivity index (χ1n) is 6.53. The van der Waals surface area contributed by atoms with Gasteiger partial charge in [-0.05, 0) is 30.6 Å². The highest BCUT2D eigenvalue weighted by Gasteiger charge is 2.63. The highest BCUT2D eigenvalue weighted by atomic mass is 32.2. The van der Waals surface area contributed by atoms with Crippen molar-refractivity contribution in [2.24, 2.45) is 27.7 Å². The van der Waals surface area contributed by atoms with Crippen LogP contribution in [0.1, 0.15) is 40.0 Å². The Hall–Kier alpha value is -0.620. The summed E-state index contributed by atoms with van der Waals surface area (Å²) < 4.78 is 26.8. The summed E-state index contributed by atoms with van der Waals surface area (Å²) in [6.07, 6.45) is 2.81. The zero-order valence-electron chi connectivity index (χ0n) is 11.4. The van der Waals surface area contributed by atoms with Gasteiger partial charge in [0.2, 0.25) is 10.0 Å². The van der Waals surface area contributed by atoms with Gasteiger partial charge in [0.25, 0.3) is 0 Å². The molecule has 0 aliphatic heterocycles. The maximum Gasteiger partial charge on any atom is 0.212 e. The standard InChI is InChI=1S/C12H23N3O2S/c1-4-14-18(16,17)8-12-6-5-9(11(12,2)3)7-10(12)15-13/h9,14H,4-8,13H2,1-3H3/b15-10+/t9-,12-/m0/s1. The molecule has 0 spiro atoms. The minimum Gasteiger partial charge on any atom is -0.323 e. The van der Waals surface area contributed by atoms with Crippen LogP contribution in [0.25, 0.3) is 0 Å². The molecule has 0 amide bonds. The van der Waals surface area contributed by atoms with Gasteiger partial charge in [0.05, 0.1) is 5.75 Å². The van der Waals surface area contributed by atoms with Crippen LogP contribution in [-0.2, 0) is 10.0 Å². The first-order valence-corrected chi connectivity index (χ1v) is 8.19. The van der Waals surface area contributed by atoms with E-state index in [1.165, 1.54) is 0 Å². The van der Waals surface area contributed by atoms with Gasteiger partial charge in [-0.15, -0.1) is 0 Å². The number of fused-ring (bicyclic) bond motifs is 2. The molecule has 2 bridgehead atoms. The van der Waals surface area contributed by atoms with Gasteiger partial charge in [0, 0.05) is 17.7 Å². The predicted octanol–water partition coefficient (Wildman–Crippen LogP) is 1.07. The van der Waals surface area contributed by atoms with Crippen LogP contribution < -0.4 is 10.6 Å². The number of rotatable bonds is 4. The minimum atomic E-state index is -3.26. The topological polar surface area (TPSA) is 84.5 Å². The van der Waals surface area contributed by atoms with Crippen molar-refractivity contribution in [3.05, 3.63) is 0 Å². The number of nitrogens with two attached hydrogens (primary N) is 1. The summed E-state index contributed by atoms with van der Waals surface area (Å²) in [7, 11) is -3.26. The van der Waals surface area contributed by atoms with Crippen molar-refractivity contribution in [2.75, 3.05) is 12.3 Å². The Morgan fingerprint density at radius 3 is 2.67 bits per heavy atom. The van der Waals surface area contributed by atoms with E-state index in [1.54, 1.807) is 6.92 Å². The third-order valence-corrected chi connectivity index (χ3v) is 6.72. The molecule has 0 heterocycles. The Labute approximate surface area is 109 Å². The molecule has 2 rings (SSSR count). The second kappa shape index (κ2) is 4.20. The van der Waals surface area contributed by atoms with E-state index in [0.717, 1.165) is 25.0 Å². The van der Waals surface area contributed by atoms with E-state index < -0.39 is 10.0 Å². The zero-order valence-corrected chi connectivity index (χ0v) is 12.2. The molecule has 5 nitrogen and oxygen atoms in total. The average molecular weight is 273 g/mol. The zero-order chi connectivity index (χ0) is 13.6. The quantitative estimate of drug-likeness (QED) is 0.593. The molecule has 3 N–H and O–H groups in total. The molecule has 2 atom stereocenters. The maximum absolute atomic E-state index is 12.1. The number of hydrogen-bond acceptors (Lipinski definition) is 4. The normalized spacial score (nSPS) is 36.4. The second-order valence-corrected chi connectivity index (χ2v) is 7.88. The second-order valence-electron chi connectivity index (χ2n) is 6.08. The summed E-state index contributed by atoms with van der Waals surface area (Å²) in [5, 5.41) is 3.91. The van der Waals surface area contributed by atoms with E-state index in [0.29, 0.717) is 12.5 Å². The lowest BCUT2D eigenvalue weighted by molar-refractivity contribution is 0.195. The van der Waals surface area contributed by atoms with Crippen molar-refractivity contribution in [3.63, 3.8) is 0 Å². The Kier molecular flexibility index (Phi) is 3.22. The molecular formula is C12H23N3O2S. The molecular weight excluding hydrogens is 250 g/mol. The summed E-state index contributed by atoms with van der Waals surface area (Å²) in [5.74, 6) is 6.12. The molecule has 104 valence electrons. The van der Waals surface area contributed by atoms with Crippen LogP contribution in [0.4, 0.5) is 0 Å². The van der Waals surface area contributed by atoms with Crippen molar-refractivity contribution in [3.8, 4) is 0 Å². The van der Waals surface area contributed by atoms with Crippen LogP contribution in [0, 0.1) is 16.7 Å².